The normalized spacial score (nSPS) is 10.3. The molecule has 0 unspecified atom stereocenters. The molecule has 0 atom stereocenters. The summed E-state index contributed by atoms with van der Waals surface area (Å²) in [5.74, 6) is 0.319. The van der Waals surface area contributed by atoms with E-state index in [9.17, 15) is 4.79 Å². The lowest BCUT2D eigenvalue weighted by atomic mass is 10.2. The fraction of sp³-hybridized carbons (Fsp3) is 0.182. The molecule has 18 heavy (non-hydrogen) atoms. The van der Waals surface area contributed by atoms with Crippen LogP contribution in [-0.2, 0) is 6.42 Å². The van der Waals surface area contributed by atoms with E-state index in [0.717, 1.165) is 0 Å². The molecule has 0 aliphatic carbocycles. The van der Waals surface area contributed by atoms with Gasteiger partial charge in [-0.3, -0.25) is 4.79 Å². The fourth-order valence-electron chi connectivity index (χ4n) is 1.33. The molecule has 0 saturated heterocycles. The zero-order valence-corrected chi connectivity index (χ0v) is 11.5. The summed E-state index contributed by atoms with van der Waals surface area (Å²) in [5.41, 5.74) is 0.539. The number of halogens is 2. The van der Waals surface area contributed by atoms with Crippen molar-refractivity contribution in [3.63, 3.8) is 0 Å². The highest BCUT2D eigenvalue weighted by Gasteiger charge is 2.08. The minimum atomic E-state index is -0.174. The van der Waals surface area contributed by atoms with Gasteiger partial charge in [0.25, 0.3) is 5.91 Å². The first-order valence-corrected chi connectivity index (χ1v) is 6.32. The first kappa shape index (κ1) is 13.0. The quantitative estimate of drug-likeness (QED) is 0.935. The Balaban J connectivity index is 1.89. The largest absolute Gasteiger partial charge is 0.352 e. The Morgan fingerprint density at radius 1 is 1.50 bits per heavy atom. The second kappa shape index (κ2) is 5.97. The molecule has 5 nitrogen and oxygen atoms in total. The van der Waals surface area contributed by atoms with Crippen LogP contribution in [0.4, 0.5) is 0 Å². The Hall–Kier alpha value is -1.40. The van der Waals surface area contributed by atoms with Crippen molar-refractivity contribution in [3.8, 4) is 0 Å². The van der Waals surface area contributed by atoms with Crippen LogP contribution in [0.1, 0.15) is 16.2 Å². The summed E-state index contributed by atoms with van der Waals surface area (Å²) >= 11 is 9.12. The molecule has 1 N–H and O–H groups in total. The van der Waals surface area contributed by atoms with Gasteiger partial charge in [0.2, 0.25) is 5.89 Å². The van der Waals surface area contributed by atoms with Crippen molar-refractivity contribution in [3.05, 3.63) is 45.5 Å². The van der Waals surface area contributed by atoms with Crippen molar-refractivity contribution in [2.75, 3.05) is 6.54 Å². The number of nitrogens with one attached hydrogen (secondary N) is 1. The van der Waals surface area contributed by atoms with Crippen LogP contribution in [0.3, 0.4) is 0 Å². The van der Waals surface area contributed by atoms with Crippen LogP contribution in [0.2, 0.25) is 5.02 Å². The van der Waals surface area contributed by atoms with Gasteiger partial charge in [0.15, 0.2) is 6.33 Å². The number of hydrogen-bond donors (Lipinski definition) is 1. The number of hydrogen-bond acceptors (Lipinski definition) is 4. The zero-order chi connectivity index (χ0) is 13.0. The summed E-state index contributed by atoms with van der Waals surface area (Å²) in [6.07, 6.45) is 1.83. The van der Waals surface area contributed by atoms with Crippen molar-refractivity contribution in [1.82, 2.24) is 15.5 Å². The summed E-state index contributed by atoms with van der Waals surface area (Å²) in [4.78, 5) is 15.7. The predicted molar refractivity (Wildman–Crippen MR) is 69.5 cm³/mol. The molecule has 1 heterocycles. The highest BCUT2D eigenvalue weighted by atomic mass is 79.9. The van der Waals surface area contributed by atoms with Gasteiger partial charge in [-0.25, -0.2) is 0 Å². The van der Waals surface area contributed by atoms with E-state index in [1.165, 1.54) is 6.33 Å². The predicted octanol–water partition coefficient (Wildman–Crippen LogP) is 2.46. The van der Waals surface area contributed by atoms with E-state index in [4.69, 9.17) is 16.1 Å². The standard InChI is InChI=1S/C11H9BrClN3O2/c12-8-5-7(1-2-9(8)13)11(17)14-4-3-10-15-6-16-18-10/h1-2,5-6H,3-4H2,(H,14,17). The third kappa shape index (κ3) is 3.30. The van der Waals surface area contributed by atoms with Gasteiger partial charge >= 0.3 is 0 Å². The van der Waals surface area contributed by atoms with E-state index in [2.05, 4.69) is 31.4 Å². The Labute approximate surface area is 117 Å². The number of carbonyl (C=O) groups is 1. The van der Waals surface area contributed by atoms with E-state index >= 15 is 0 Å². The zero-order valence-electron chi connectivity index (χ0n) is 9.19. The molecule has 1 aromatic heterocycles. The minimum Gasteiger partial charge on any atom is -0.352 e. The van der Waals surface area contributed by atoms with E-state index < -0.39 is 0 Å². The molecular weight excluding hydrogens is 321 g/mol. The van der Waals surface area contributed by atoms with Crippen molar-refractivity contribution < 1.29 is 9.32 Å². The van der Waals surface area contributed by atoms with Gasteiger partial charge in [0, 0.05) is 23.0 Å². The van der Waals surface area contributed by atoms with Gasteiger partial charge in [-0.05, 0) is 34.1 Å². The number of carbonyl (C=O) groups excluding carboxylic acids is 1. The fourth-order valence-corrected chi connectivity index (χ4v) is 1.82. The second-order valence-electron chi connectivity index (χ2n) is 3.47. The van der Waals surface area contributed by atoms with Crippen LogP contribution in [0.25, 0.3) is 0 Å². The van der Waals surface area contributed by atoms with Crippen LogP contribution in [-0.4, -0.2) is 22.6 Å². The maximum absolute atomic E-state index is 11.8. The molecule has 1 amide bonds. The molecule has 94 valence electrons. The third-order valence-corrected chi connectivity index (χ3v) is 3.43. The van der Waals surface area contributed by atoms with Crippen LogP contribution < -0.4 is 5.32 Å². The minimum absolute atomic E-state index is 0.174. The number of rotatable bonds is 4. The van der Waals surface area contributed by atoms with E-state index in [0.29, 0.717) is 33.9 Å². The highest BCUT2D eigenvalue weighted by molar-refractivity contribution is 9.10. The van der Waals surface area contributed by atoms with Gasteiger partial charge < -0.3 is 9.84 Å². The number of aromatic nitrogens is 2. The molecule has 7 heteroatoms. The Bertz CT molecular complexity index is 545. The maximum atomic E-state index is 11.8. The lowest BCUT2D eigenvalue weighted by molar-refractivity contribution is 0.0953. The second-order valence-corrected chi connectivity index (χ2v) is 4.73. The molecular formula is C11H9BrClN3O2. The molecule has 0 radical (unpaired) electrons. The Morgan fingerprint density at radius 3 is 3.00 bits per heavy atom. The Kier molecular flexibility index (Phi) is 4.33. The number of benzene rings is 1. The van der Waals surface area contributed by atoms with E-state index in [-0.39, 0.29) is 5.91 Å². The van der Waals surface area contributed by atoms with Gasteiger partial charge in [-0.2, -0.15) is 4.98 Å². The monoisotopic (exact) mass is 329 g/mol. The van der Waals surface area contributed by atoms with E-state index in [1.54, 1.807) is 18.2 Å². The van der Waals surface area contributed by atoms with Gasteiger partial charge in [-0.15, -0.1) is 0 Å². The Morgan fingerprint density at radius 2 is 2.33 bits per heavy atom. The highest BCUT2D eigenvalue weighted by Crippen LogP contribution is 2.23. The van der Waals surface area contributed by atoms with Crippen molar-refractivity contribution in [1.29, 1.82) is 0 Å². The van der Waals surface area contributed by atoms with Crippen LogP contribution >= 0.6 is 27.5 Å². The average molecular weight is 331 g/mol. The molecule has 2 rings (SSSR count). The average Bonchev–Trinajstić information content (AvgIpc) is 2.85. The molecule has 0 spiro atoms. The number of nitrogens with zero attached hydrogens (tertiary/aromatic N) is 2. The molecule has 2 aromatic rings. The first-order valence-electron chi connectivity index (χ1n) is 5.15. The van der Waals surface area contributed by atoms with Gasteiger partial charge in [-0.1, -0.05) is 16.8 Å². The van der Waals surface area contributed by atoms with Crippen LogP contribution in [0.15, 0.2) is 33.5 Å². The summed E-state index contributed by atoms with van der Waals surface area (Å²) in [7, 11) is 0. The summed E-state index contributed by atoms with van der Waals surface area (Å²) in [6.45, 7) is 0.432. The third-order valence-electron chi connectivity index (χ3n) is 2.21. The van der Waals surface area contributed by atoms with Crippen molar-refractivity contribution >= 4 is 33.4 Å². The van der Waals surface area contributed by atoms with Gasteiger partial charge in [0.1, 0.15) is 0 Å². The smallest absolute Gasteiger partial charge is 0.251 e. The molecule has 1 aromatic carbocycles. The van der Waals surface area contributed by atoms with Crippen LogP contribution in [0.5, 0.6) is 0 Å². The number of amides is 1. The summed E-state index contributed by atoms with van der Waals surface area (Å²) in [6, 6.07) is 5.00. The molecule has 0 aliphatic rings. The topological polar surface area (TPSA) is 68.0 Å². The van der Waals surface area contributed by atoms with Gasteiger partial charge in [0.05, 0.1) is 5.02 Å². The van der Waals surface area contributed by atoms with Crippen LogP contribution in [0, 0.1) is 0 Å². The lowest BCUT2D eigenvalue weighted by Gasteiger charge is -2.04. The first-order chi connectivity index (χ1) is 8.66. The molecule has 0 bridgehead atoms. The van der Waals surface area contributed by atoms with Crippen molar-refractivity contribution in [2.24, 2.45) is 0 Å². The SMILES string of the molecule is O=C(NCCc1ncno1)c1ccc(Cl)c(Br)c1. The molecule has 0 aliphatic heterocycles. The summed E-state index contributed by atoms with van der Waals surface area (Å²) < 4.78 is 5.51. The molecule has 0 saturated carbocycles. The summed E-state index contributed by atoms with van der Waals surface area (Å²) in [5, 5.41) is 6.80. The van der Waals surface area contributed by atoms with Crippen molar-refractivity contribution in [2.45, 2.75) is 6.42 Å². The van der Waals surface area contributed by atoms with E-state index in [1.807, 2.05) is 0 Å². The lowest BCUT2D eigenvalue weighted by Crippen LogP contribution is -2.25. The maximum Gasteiger partial charge on any atom is 0.251 e. The molecule has 0 fully saturated rings.